The maximum Gasteiger partial charge on any atom is 0.142 e. The lowest BCUT2D eigenvalue weighted by Gasteiger charge is -2.35. The molecule has 0 aliphatic carbocycles. The molecule has 0 radical (unpaired) electrons. The number of nitrogens with one attached hydrogen (secondary N) is 1. The fraction of sp³-hybridized carbons (Fsp3) is 0.333. The van der Waals surface area contributed by atoms with E-state index in [-0.39, 0.29) is 0 Å². The molecule has 1 aromatic carbocycles. The Morgan fingerprint density at radius 1 is 1.26 bits per heavy atom. The Balaban J connectivity index is 1.72. The number of aromatic nitrogens is 1. The van der Waals surface area contributed by atoms with Crippen LogP contribution in [0.15, 0.2) is 42.5 Å². The first-order valence-corrected chi connectivity index (χ1v) is 7.82. The van der Waals surface area contributed by atoms with Gasteiger partial charge in [0.15, 0.2) is 0 Å². The van der Waals surface area contributed by atoms with Gasteiger partial charge >= 0.3 is 0 Å². The number of hydrogen-bond donors (Lipinski definition) is 1. The molecule has 1 fully saturated rings. The summed E-state index contributed by atoms with van der Waals surface area (Å²) in [4.78, 5) is 6.64. The van der Waals surface area contributed by atoms with E-state index in [1.54, 1.807) is 13.2 Å². The molecule has 0 amide bonds. The number of hydrogen-bond acceptors (Lipinski definition) is 5. The minimum atomic E-state index is 0.301. The van der Waals surface area contributed by atoms with Gasteiger partial charge in [-0.25, -0.2) is 4.98 Å². The van der Waals surface area contributed by atoms with Crippen LogP contribution in [0, 0.1) is 11.3 Å². The van der Waals surface area contributed by atoms with Crippen LogP contribution in [-0.2, 0) is 0 Å². The summed E-state index contributed by atoms with van der Waals surface area (Å²) >= 11 is 0. The molecule has 1 aliphatic heterocycles. The van der Waals surface area contributed by atoms with Gasteiger partial charge in [0.1, 0.15) is 23.3 Å². The molecule has 23 heavy (non-hydrogen) atoms. The summed E-state index contributed by atoms with van der Waals surface area (Å²) in [5, 5.41) is 12.4. The number of nitrogens with zero attached hydrogens (tertiary/aromatic N) is 3. The zero-order valence-corrected chi connectivity index (χ0v) is 13.2. The quantitative estimate of drug-likeness (QED) is 0.940. The summed E-state index contributed by atoms with van der Waals surface area (Å²) in [6.07, 6.45) is 2.19. The average molecular weight is 308 g/mol. The van der Waals surface area contributed by atoms with Crippen LogP contribution in [-0.4, -0.2) is 31.2 Å². The molecule has 5 nitrogen and oxygen atoms in total. The van der Waals surface area contributed by atoms with Crippen LogP contribution in [0.5, 0.6) is 5.75 Å². The van der Waals surface area contributed by atoms with Gasteiger partial charge in [0, 0.05) is 19.1 Å². The van der Waals surface area contributed by atoms with Gasteiger partial charge < -0.3 is 15.0 Å². The highest BCUT2D eigenvalue weighted by Crippen LogP contribution is 2.30. The third-order valence-corrected chi connectivity index (χ3v) is 4.06. The van der Waals surface area contributed by atoms with Crippen molar-refractivity contribution < 1.29 is 4.74 Å². The second kappa shape index (κ2) is 7.01. The Morgan fingerprint density at radius 2 is 2.13 bits per heavy atom. The van der Waals surface area contributed by atoms with Crippen molar-refractivity contribution in [3.8, 4) is 11.8 Å². The Bertz CT molecular complexity index is 710. The number of nitriles is 1. The van der Waals surface area contributed by atoms with Gasteiger partial charge in [-0.3, -0.25) is 0 Å². The van der Waals surface area contributed by atoms with Crippen LogP contribution in [0.4, 0.5) is 11.5 Å². The topological polar surface area (TPSA) is 61.2 Å². The lowest BCUT2D eigenvalue weighted by molar-refractivity contribution is 0.411. The minimum Gasteiger partial charge on any atom is -0.495 e. The molecule has 1 unspecified atom stereocenters. The second-order valence-electron chi connectivity index (χ2n) is 5.62. The van der Waals surface area contributed by atoms with E-state index >= 15 is 0 Å². The van der Waals surface area contributed by atoms with Crippen molar-refractivity contribution in [1.82, 2.24) is 4.98 Å². The molecule has 1 aromatic heterocycles. The maximum atomic E-state index is 8.95. The molecule has 1 atom stereocenters. The SMILES string of the molecule is COc1ccccc1N1CCCC(Nc2cccc(C#N)n2)C1. The number of pyridine rings is 1. The van der Waals surface area contributed by atoms with Crippen molar-refractivity contribution in [3.63, 3.8) is 0 Å². The smallest absolute Gasteiger partial charge is 0.142 e. The maximum absolute atomic E-state index is 8.95. The highest BCUT2D eigenvalue weighted by Gasteiger charge is 2.22. The first kappa shape index (κ1) is 15.2. The first-order valence-electron chi connectivity index (χ1n) is 7.82. The van der Waals surface area contributed by atoms with E-state index in [1.165, 1.54) is 0 Å². The predicted octanol–water partition coefficient (Wildman–Crippen LogP) is 3.04. The monoisotopic (exact) mass is 308 g/mol. The third kappa shape index (κ3) is 3.54. The zero-order chi connectivity index (χ0) is 16.1. The van der Waals surface area contributed by atoms with E-state index in [4.69, 9.17) is 10.00 Å². The molecule has 3 rings (SSSR count). The summed E-state index contributed by atoms with van der Waals surface area (Å²) in [5.74, 6) is 1.66. The fourth-order valence-electron chi connectivity index (χ4n) is 2.99. The molecular formula is C18H20N4O. The summed E-state index contributed by atoms with van der Waals surface area (Å²) < 4.78 is 5.47. The number of ether oxygens (including phenoxy) is 1. The van der Waals surface area contributed by atoms with Crippen molar-refractivity contribution in [3.05, 3.63) is 48.2 Å². The molecule has 2 heterocycles. The second-order valence-corrected chi connectivity index (χ2v) is 5.62. The third-order valence-electron chi connectivity index (χ3n) is 4.06. The number of methoxy groups -OCH3 is 1. The molecule has 0 bridgehead atoms. The highest BCUT2D eigenvalue weighted by atomic mass is 16.5. The van der Waals surface area contributed by atoms with Gasteiger partial charge in [0.2, 0.25) is 0 Å². The standard InChI is InChI=1S/C18H20N4O/c1-23-17-9-3-2-8-16(17)22-11-5-7-15(13-22)21-18-10-4-6-14(12-19)20-18/h2-4,6,8-10,15H,5,7,11,13H2,1H3,(H,20,21). The molecule has 1 N–H and O–H groups in total. The highest BCUT2D eigenvalue weighted by molar-refractivity contribution is 5.59. The van der Waals surface area contributed by atoms with Crippen LogP contribution in [0.25, 0.3) is 0 Å². The lowest BCUT2D eigenvalue weighted by atomic mass is 10.0. The first-order chi connectivity index (χ1) is 11.3. The van der Waals surface area contributed by atoms with E-state index in [1.807, 2.05) is 30.3 Å². The van der Waals surface area contributed by atoms with Gasteiger partial charge in [0.25, 0.3) is 0 Å². The summed E-state index contributed by atoms with van der Waals surface area (Å²) in [6, 6.07) is 16.0. The van der Waals surface area contributed by atoms with E-state index in [0.717, 1.165) is 43.2 Å². The van der Waals surface area contributed by atoms with E-state index in [9.17, 15) is 0 Å². The van der Waals surface area contributed by atoms with Gasteiger partial charge in [-0.05, 0) is 37.1 Å². The number of anilines is 2. The zero-order valence-electron chi connectivity index (χ0n) is 13.2. The van der Waals surface area contributed by atoms with Gasteiger partial charge in [-0.1, -0.05) is 18.2 Å². The van der Waals surface area contributed by atoms with Crippen LogP contribution in [0.1, 0.15) is 18.5 Å². The van der Waals surface area contributed by atoms with Crippen molar-refractivity contribution in [2.45, 2.75) is 18.9 Å². The van der Waals surface area contributed by atoms with Gasteiger partial charge in [0.05, 0.1) is 12.8 Å². The van der Waals surface area contributed by atoms with Crippen molar-refractivity contribution in [1.29, 1.82) is 5.26 Å². The molecule has 5 heteroatoms. The summed E-state index contributed by atoms with van der Waals surface area (Å²) in [6.45, 7) is 1.91. The van der Waals surface area contributed by atoms with Crippen molar-refractivity contribution in [2.75, 3.05) is 30.4 Å². The molecular weight excluding hydrogens is 288 g/mol. The molecule has 1 saturated heterocycles. The van der Waals surface area contributed by atoms with Crippen molar-refractivity contribution in [2.24, 2.45) is 0 Å². The van der Waals surface area contributed by atoms with Crippen LogP contribution >= 0.6 is 0 Å². The summed E-state index contributed by atoms with van der Waals surface area (Å²) in [5.41, 5.74) is 1.56. The fourth-order valence-corrected chi connectivity index (χ4v) is 2.99. The Labute approximate surface area is 136 Å². The molecule has 118 valence electrons. The van der Waals surface area contributed by atoms with Crippen molar-refractivity contribution >= 4 is 11.5 Å². The average Bonchev–Trinajstić information content (AvgIpc) is 2.62. The van der Waals surface area contributed by atoms with E-state index in [2.05, 4.69) is 27.3 Å². The summed E-state index contributed by atoms with van der Waals surface area (Å²) in [7, 11) is 1.70. The number of para-hydroxylation sites is 2. The Morgan fingerprint density at radius 3 is 2.96 bits per heavy atom. The predicted molar refractivity (Wildman–Crippen MR) is 90.8 cm³/mol. The molecule has 0 spiro atoms. The van der Waals surface area contributed by atoms with Gasteiger partial charge in [-0.2, -0.15) is 5.26 Å². The van der Waals surface area contributed by atoms with E-state index < -0.39 is 0 Å². The van der Waals surface area contributed by atoms with E-state index in [0.29, 0.717) is 11.7 Å². The number of piperidine rings is 1. The minimum absolute atomic E-state index is 0.301. The number of benzene rings is 1. The molecule has 1 aliphatic rings. The van der Waals surface area contributed by atoms with Gasteiger partial charge in [-0.15, -0.1) is 0 Å². The van der Waals surface area contributed by atoms with Crippen LogP contribution in [0.3, 0.4) is 0 Å². The Kier molecular flexibility index (Phi) is 4.62. The number of rotatable bonds is 4. The van der Waals surface area contributed by atoms with Crippen LogP contribution < -0.4 is 15.0 Å². The molecule has 0 saturated carbocycles. The lowest BCUT2D eigenvalue weighted by Crippen LogP contribution is -2.42. The molecule has 2 aromatic rings. The van der Waals surface area contributed by atoms with Crippen LogP contribution in [0.2, 0.25) is 0 Å². The normalized spacial score (nSPS) is 17.4. The Hall–Kier alpha value is -2.74. The largest absolute Gasteiger partial charge is 0.495 e.